The lowest BCUT2D eigenvalue weighted by atomic mass is 9.74. The summed E-state index contributed by atoms with van der Waals surface area (Å²) < 4.78 is 10.5. The van der Waals surface area contributed by atoms with E-state index in [4.69, 9.17) is 9.47 Å². The summed E-state index contributed by atoms with van der Waals surface area (Å²) >= 11 is 0. The van der Waals surface area contributed by atoms with Crippen LogP contribution in [0, 0.1) is 5.92 Å². The highest BCUT2D eigenvalue weighted by molar-refractivity contribution is 6.07. The molecule has 2 aromatic carbocycles. The van der Waals surface area contributed by atoms with Gasteiger partial charge >= 0.3 is 6.03 Å². The Morgan fingerprint density at radius 3 is 2.37 bits per heavy atom. The molecule has 3 amide bonds. The molecule has 2 aliphatic heterocycles. The number of nitrogens with zero attached hydrogens (tertiary/aromatic N) is 2. The number of rotatable bonds is 10. The Bertz CT molecular complexity index is 1020. The van der Waals surface area contributed by atoms with E-state index in [-0.39, 0.29) is 24.4 Å². The maximum absolute atomic E-state index is 13.8. The number of hydrogen-bond acceptors (Lipinski definition) is 5. The Morgan fingerprint density at radius 1 is 1.00 bits per heavy atom. The number of carbonyl (C=O) groups excluding carboxylic acids is 2. The van der Waals surface area contributed by atoms with E-state index in [0.29, 0.717) is 13.0 Å². The minimum atomic E-state index is -0.952. The van der Waals surface area contributed by atoms with Crippen LogP contribution in [0.4, 0.5) is 4.79 Å². The zero-order chi connectivity index (χ0) is 24.8. The average Bonchev–Trinajstić information content (AvgIpc) is 3.12. The number of likely N-dealkylation sites (tertiary alicyclic amines) is 1. The molecule has 0 spiro atoms. The van der Waals surface area contributed by atoms with Crippen LogP contribution in [-0.2, 0) is 28.9 Å². The van der Waals surface area contributed by atoms with Crippen molar-refractivity contribution in [2.75, 3.05) is 40.5 Å². The standard InChI is InChI=1S/C28H37N3O4/c1-4-21-8-10-22(11-9-21)20-30-14-12-24(13-15-30)28(19-23-6-5-7-25(18-23)35-3)26(32)31(16-17-34-2)27(33)29-28/h5-11,18,24H,4,12-17,19-20H2,1-3H3,(H,29,33)/t28-/m1/s1. The zero-order valence-electron chi connectivity index (χ0n) is 21.1. The summed E-state index contributed by atoms with van der Waals surface area (Å²) in [5.41, 5.74) is 2.68. The van der Waals surface area contributed by atoms with Crippen molar-refractivity contribution in [1.82, 2.24) is 15.1 Å². The minimum absolute atomic E-state index is 0.0522. The van der Waals surface area contributed by atoms with Crippen LogP contribution in [-0.4, -0.2) is 67.7 Å². The number of carbonyl (C=O) groups is 2. The topological polar surface area (TPSA) is 71.1 Å². The predicted molar refractivity (Wildman–Crippen MR) is 135 cm³/mol. The fourth-order valence-electron chi connectivity index (χ4n) is 5.40. The van der Waals surface area contributed by atoms with E-state index in [2.05, 4.69) is 41.4 Å². The second-order valence-corrected chi connectivity index (χ2v) is 9.60. The Balaban J connectivity index is 1.51. The van der Waals surface area contributed by atoms with Crippen molar-refractivity contribution >= 4 is 11.9 Å². The van der Waals surface area contributed by atoms with E-state index in [0.717, 1.165) is 50.2 Å². The maximum Gasteiger partial charge on any atom is 0.325 e. The summed E-state index contributed by atoms with van der Waals surface area (Å²) in [7, 11) is 3.21. The van der Waals surface area contributed by atoms with Gasteiger partial charge in [0.15, 0.2) is 0 Å². The Labute approximate surface area is 208 Å². The lowest BCUT2D eigenvalue weighted by molar-refractivity contribution is -0.134. The molecule has 2 heterocycles. The highest BCUT2D eigenvalue weighted by Gasteiger charge is 2.55. The SMILES string of the molecule is CCc1ccc(CN2CCC([C@@]3(Cc4cccc(OC)c4)NC(=O)N(CCOC)C3=O)CC2)cc1. The van der Waals surface area contributed by atoms with Crippen LogP contribution in [0.2, 0.25) is 0 Å². The summed E-state index contributed by atoms with van der Waals surface area (Å²) in [5.74, 6) is 0.655. The van der Waals surface area contributed by atoms with Gasteiger partial charge in [-0.05, 0) is 67.1 Å². The number of piperidine rings is 1. The molecule has 0 unspecified atom stereocenters. The first-order valence-electron chi connectivity index (χ1n) is 12.5. The monoisotopic (exact) mass is 479 g/mol. The normalized spacial score (nSPS) is 21.4. The minimum Gasteiger partial charge on any atom is -0.497 e. The van der Waals surface area contributed by atoms with Crippen molar-refractivity contribution in [1.29, 1.82) is 0 Å². The third-order valence-electron chi connectivity index (χ3n) is 7.46. The number of aryl methyl sites for hydroxylation is 1. The van der Waals surface area contributed by atoms with Gasteiger partial charge in [0.25, 0.3) is 5.91 Å². The second kappa shape index (κ2) is 11.2. The number of benzene rings is 2. The molecule has 7 nitrogen and oxygen atoms in total. The van der Waals surface area contributed by atoms with Gasteiger partial charge in [0, 0.05) is 20.1 Å². The van der Waals surface area contributed by atoms with Gasteiger partial charge in [-0.25, -0.2) is 4.79 Å². The van der Waals surface area contributed by atoms with Gasteiger partial charge in [-0.1, -0.05) is 43.3 Å². The molecule has 35 heavy (non-hydrogen) atoms. The zero-order valence-corrected chi connectivity index (χ0v) is 21.1. The summed E-state index contributed by atoms with van der Waals surface area (Å²) in [4.78, 5) is 30.5. The molecular weight excluding hydrogens is 442 g/mol. The van der Waals surface area contributed by atoms with Gasteiger partial charge in [-0.3, -0.25) is 14.6 Å². The van der Waals surface area contributed by atoms with Crippen LogP contribution >= 0.6 is 0 Å². The van der Waals surface area contributed by atoms with Crippen molar-refractivity contribution in [3.63, 3.8) is 0 Å². The molecule has 2 aliphatic rings. The molecule has 7 heteroatoms. The Morgan fingerprint density at radius 2 is 1.71 bits per heavy atom. The molecule has 4 rings (SSSR count). The number of amides is 3. The number of methoxy groups -OCH3 is 2. The van der Waals surface area contributed by atoms with Crippen molar-refractivity contribution in [2.24, 2.45) is 5.92 Å². The van der Waals surface area contributed by atoms with Crippen molar-refractivity contribution in [3.05, 3.63) is 65.2 Å². The molecule has 0 bridgehead atoms. The van der Waals surface area contributed by atoms with Gasteiger partial charge in [-0.15, -0.1) is 0 Å². The summed E-state index contributed by atoms with van der Waals surface area (Å²) in [6.45, 7) is 5.43. The van der Waals surface area contributed by atoms with E-state index in [1.54, 1.807) is 14.2 Å². The smallest absolute Gasteiger partial charge is 0.325 e. The molecule has 2 saturated heterocycles. The van der Waals surface area contributed by atoms with Crippen molar-refractivity contribution in [3.8, 4) is 5.75 Å². The lowest BCUT2D eigenvalue weighted by Crippen LogP contribution is -2.57. The Kier molecular flexibility index (Phi) is 8.08. The molecule has 0 saturated carbocycles. The third kappa shape index (κ3) is 5.52. The van der Waals surface area contributed by atoms with Gasteiger partial charge in [0.2, 0.25) is 0 Å². The Hall–Kier alpha value is -2.90. The molecule has 2 fully saturated rings. The molecule has 0 aromatic heterocycles. The first-order chi connectivity index (χ1) is 17.0. The van der Waals surface area contributed by atoms with Gasteiger partial charge < -0.3 is 14.8 Å². The van der Waals surface area contributed by atoms with Crippen LogP contribution in [0.15, 0.2) is 48.5 Å². The molecule has 2 aromatic rings. The molecule has 0 radical (unpaired) electrons. The molecule has 1 N–H and O–H groups in total. The first kappa shape index (κ1) is 25.2. The first-order valence-corrected chi connectivity index (χ1v) is 12.5. The highest BCUT2D eigenvalue weighted by atomic mass is 16.5. The highest BCUT2D eigenvalue weighted by Crippen LogP contribution is 2.37. The molecule has 1 atom stereocenters. The molecule has 188 valence electrons. The molecule has 0 aliphatic carbocycles. The number of hydrogen-bond donors (Lipinski definition) is 1. The van der Waals surface area contributed by atoms with Gasteiger partial charge in [0.1, 0.15) is 11.3 Å². The van der Waals surface area contributed by atoms with Crippen LogP contribution in [0.25, 0.3) is 0 Å². The lowest BCUT2D eigenvalue weighted by Gasteiger charge is -2.41. The maximum atomic E-state index is 13.8. The largest absolute Gasteiger partial charge is 0.497 e. The van der Waals surface area contributed by atoms with Crippen LogP contribution in [0.3, 0.4) is 0 Å². The predicted octanol–water partition coefficient (Wildman–Crippen LogP) is 3.65. The number of ether oxygens (including phenoxy) is 2. The number of urea groups is 1. The van der Waals surface area contributed by atoms with Crippen molar-refractivity contribution in [2.45, 2.75) is 44.7 Å². The molecular formula is C28H37N3O4. The van der Waals surface area contributed by atoms with E-state index in [1.165, 1.54) is 16.0 Å². The van der Waals surface area contributed by atoms with E-state index in [1.807, 2.05) is 24.3 Å². The fourth-order valence-corrected chi connectivity index (χ4v) is 5.40. The second-order valence-electron chi connectivity index (χ2n) is 9.60. The van der Waals surface area contributed by atoms with Gasteiger partial charge in [-0.2, -0.15) is 0 Å². The van der Waals surface area contributed by atoms with Crippen LogP contribution in [0.1, 0.15) is 36.5 Å². The van der Waals surface area contributed by atoms with E-state index >= 15 is 0 Å². The van der Waals surface area contributed by atoms with Gasteiger partial charge in [0.05, 0.1) is 20.3 Å². The number of nitrogens with one attached hydrogen (secondary N) is 1. The number of imide groups is 1. The van der Waals surface area contributed by atoms with Crippen LogP contribution in [0.5, 0.6) is 5.75 Å². The van der Waals surface area contributed by atoms with Crippen molar-refractivity contribution < 1.29 is 19.1 Å². The summed E-state index contributed by atoms with van der Waals surface area (Å²) in [6, 6.07) is 16.3. The fraction of sp³-hybridized carbons (Fsp3) is 0.500. The van der Waals surface area contributed by atoms with E-state index in [9.17, 15) is 9.59 Å². The van der Waals surface area contributed by atoms with E-state index < -0.39 is 5.54 Å². The third-order valence-corrected chi connectivity index (χ3v) is 7.46. The summed E-state index contributed by atoms with van der Waals surface area (Å²) in [5, 5.41) is 3.13. The van der Waals surface area contributed by atoms with Crippen LogP contribution < -0.4 is 10.1 Å². The average molecular weight is 480 g/mol. The summed E-state index contributed by atoms with van der Waals surface area (Å²) in [6.07, 6.45) is 3.19. The quantitative estimate of drug-likeness (QED) is 0.527.